The number of halogens is 31. The van der Waals surface area contributed by atoms with Gasteiger partial charge in [-0.15, -0.1) is 0 Å². The van der Waals surface area contributed by atoms with Crippen LogP contribution in [0.1, 0.15) is 19.3 Å². The van der Waals surface area contributed by atoms with Crippen LogP contribution in [0.2, 0.25) is 0 Å². The zero-order valence-corrected chi connectivity index (χ0v) is 33.7. The smallest absolute Gasteiger partial charge is 0.371 e. The summed E-state index contributed by atoms with van der Waals surface area (Å²) in [4.78, 5) is 0. The normalized spacial score (nSPS) is 48.0. The fourth-order valence-corrected chi connectivity index (χ4v) is 6.67. The molecule has 436 valence electrons. The fraction of sp³-hybridized carbons (Fsp3) is 1.00. The minimum absolute atomic E-state index is 0. The molecule has 0 aliphatic heterocycles. The lowest BCUT2D eigenvalue weighted by molar-refractivity contribution is -0.484. The molecule has 11 N–H and O–H groups in total. The first-order valence-electron chi connectivity index (χ1n) is 17.4. The molecular weight excluding hydrogens is 1130 g/mol. The van der Waals surface area contributed by atoms with Gasteiger partial charge in [0.2, 0.25) is 35.1 Å². The lowest BCUT2D eigenvalue weighted by Crippen LogP contribution is -2.86. The van der Waals surface area contributed by atoms with E-state index in [1.807, 2.05) is 0 Å². The second-order valence-corrected chi connectivity index (χ2v) is 16.0. The molecule has 3 saturated carbocycles. The molecule has 0 saturated heterocycles. The Bertz CT molecular complexity index is 1850. The van der Waals surface area contributed by atoms with Crippen molar-refractivity contribution < 1.29 is 193 Å². The summed E-state index contributed by atoms with van der Waals surface area (Å²) in [5, 5.41) is 98.2. The highest BCUT2D eigenvalue weighted by Crippen LogP contribution is 2.64. The van der Waals surface area contributed by atoms with Crippen LogP contribution in [0, 0.1) is 0 Å². The maximum atomic E-state index is 13.9. The highest BCUT2D eigenvalue weighted by Gasteiger charge is 2.94. The van der Waals surface area contributed by atoms with Crippen molar-refractivity contribution in [2.45, 2.75) is 142 Å². The molecule has 0 aromatic rings. The Labute approximate surface area is 375 Å². The van der Waals surface area contributed by atoms with Crippen LogP contribution in [0.4, 0.5) is 137 Å². The zero-order valence-electron chi connectivity index (χ0n) is 33.7. The lowest BCUT2D eigenvalue weighted by atomic mass is 9.68. The molecule has 42 heteroatoms. The Morgan fingerprint density at radius 1 is 0.319 bits per heavy atom. The molecule has 0 aromatic carbocycles. The fourth-order valence-electron chi connectivity index (χ4n) is 6.67. The molecule has 14 unspecified atom stereocenters. The second-order valence-electron chi connectivity index (χ2n) is 16.0. The highest BCUT2D eigenvalue weighted by atomic mass is 19.3. The van der Waals surface area contributed by atoms with E-state index in [0.29, 0.717) is 0 Å². The van der Waals surface area contributed by atoms with Gasteiger partial charge in [-0.05, 0) is 0 Å². The number of hydrogen-bond acceptors (Lipinski definition) is 11. The van der Waals surface area contributed by atoms with Gasteiger partial charge in [0, 0.05) is 6.42 Å². The standard InChI is InChI=1S/C10H9F11O4.C10H11F9O4.C10H11F9O3.2FH/c11-1-4(22)3(13)6(14,24)9(19,20)10(21,25)8(17,18)5(23,2-12)7(4,15)16;11-2-5(20)1-7(14,22)10(18,19)8(15,23)4(13)6(21,3-12)9(5,16)17;11-3-5(13)1-6(14,20)2-8(15,22)10(18,19)7(21,4-12)9(5,16)17;;/h3,22-25H,1-2H2;4,20-23H,1-3H2;20-22H,1-4H2;2*1H. The van der Waals surface area contributed by atoms with Gasteiger partial charge in [-0.2, -0.15) is 65.9 Å². The summed E-state index contributed by atoms with van der Waals surface area (Å²) in [6.45, 7) is -19.1. The largest absolute Gasteiger partial charge is 0.381 e. The van der Waals surface area contributed by atoms with Gasteiger partial charge < -0.3 is 56.2 Å². The minimum Gasteiger partial charge on any atom is -0.381 e. The third kappa shape index (κ3) is 8.83. The van der Waals surface area contributed by atoms with E-state index in [0.717, 1.165) is 0 Å². The maximum absolute atomic E-state index is 13.9. The van der Waals surface area contributed by atoms with Gasteiger partial charge >= 0.3 is 59.0 Å². The van der Waals surface area contributed by atoms with Gasteiger partial charge in [-0.25, -0.2) is 61.5 Å². The molecular formula is C30H33F31O11. The molecule has 0 bridgehead atoms. The molecule has 3 fully saturated rings. The van der Waals surface area contributed by atoms with E-state index >= 15 is 0 Å². The third-order valence-electron chi connectivity index (χ3n) is 11.3. The molecule has 14 atom stereocenters. The summed E-state index contributed by atoms with van der Waals surface area (Å²) >= 11 is 0. The van der Waals surface area contributed by atoms with Crippen LogP contribution in [-0.4, -0.2) is 219 Å². The Morgan fingerprint density at radius 3 is 0.958 bits per heavy atom. The van der Waals surface area contributed by atoms with Crippen molar-refractivity contribution in [1.29, 1.82) is 0 Å². The van der Waals surface area contributed by atoms with Crippen LogP contribution in [0.15, 0.2) is 0 Å². The molecule has 72 heavy (non-hydrogen) atoms. The topological polar surface area (TPSA) is 223 Å². The first-order valence-corrected chi connectivity index (χ1v) is 17.4. The second kappa shape index (κ2) is 19.4. The van der Waals surface area contributed by atoms with E-state index in [-0.39, 0.29) is 9.41 Å². The maximum Gasteiger partial charge on any atom is 0.371 e. The number of alkyl halides is 29. The molecule has 0 heterocycles. The van der Waals surface area contributed by atoms with Crippen LogP contribution in [-0.2, 0) is 0 Å². The van der Waals surface area contributed by atoms with Crippen LogP contribution in [0.25, 0.3) is 0 Å². The molecule has 0 spiro atoms. The van der Waals surface area contributed by atoms with E-state index in [4.69, 9.17) is 46.0 Å². The summed E-state index contributed by atoms with van der Waals surface area (Å²) in [6, 6.07) is 0. The van der Waals surface area contributed by atoms with Crippen molar-refractivity contribution in [2.75, 3.05) is 40.0 Å². The Kier molecular flexibility index (Phi) is 19.3. The first-order chi connectivity index (χ1) is 30.3. The van der Waals surface area contributed by atoms with Gasteiger partial charge in [0.15, 0.2) is 16.8 Å². The number of aliphatic hydroxyl groups is 11. The summed E-state index contributed by atoms with van der Waals surface area (Å²) in [7, 11) is 0. The van der Waals surface area contributed by atoms with Crippen molar-refractivity contribution >= 4 is 0 Å². The zero-order chi connectivity index (χ0) is 57.0. The van der Waals surface area contributed by atoms with Gasteiger partial charge in [0.1, 0.15) is 40.0 Å². The number of hydrogen-bond donors (Lipinski definition) is 11. The molecule has 0 amide bonds. The SMILES string of the molecule is F.F.OC1(F)C(F)C(O)(CF)C(F)(F)C(O)(CF)C(F)(F)C(O)(F)C1(F)F.OC1(F)CC(O)(CF)C(F)(F)C(O)(CF)C(F)C(O)(F)C1(F)F.OC1(F)CC(O)(F)C(F)(F)C(O)(CF)C(F)(F)C(F)(CF)C1. The van der Waals surface area contributed by atoms with Crippen molar-refractivity contribution in [3.63, 3.8) is 0 Å². The van der Waals surface area contributed by atoms with Crippen molar-refractivity contribution in [1.82, 2.24) is 0 Å². The predicted octanol–water partition coefficient (Wildman–Crippen LogP) is 3.73. The van der Waals surface area contributed by atoms with Crippen LogP contribution in [0.3, 0.4) is 0 Å². The highest BCUT2D eigenvalue weighted by molar-refractivity contribution is 5.26. The van der Waals surface area contributed by atoms with E-state index in [9.17, 15) is 138 Å². The number of rotatable bonds is 6. The Morgan fingerprint density at radius 2 is 0.639 bits per heavy atom. The van der Waals surface area contributed by atoms with Gasteiger partial charge in [-0.3, -0.25) is 9.41 Å². The summed E-state index contributed by atoms with van der Waals surface area (Å²) in [5.74, 6) is -80.4. The molecule has 0 aromatic heterocycles. The lowest BCUT2D eigenvalue weighted by Gasteiger charge is -2.54. The molecule has 3 aliphatic carbocycles. The van der Waals surface area contributed by atoms with E-state index in [2.05, 4.69) is 0 Å². The van der Waals surface area contributed by atoms with E-state index in [1.165, 1.54) is 0 Å². The summed E-state index contributed by atoms with van der Waals surface area (Å²) in [5.41, 5.74) is -32.4. The average molecular weight is 1160 g/mol. The monoisotopic (exact) mass is 1160 g/mol. The van der Waals surface area contributed by atoms with Crippen LogP contribution < -0.4 is 0 Å². The van der Waals surface area contributed by atoms with Crippen molar-refractivity contribution in [2.24, 2.45) is 0 Å². The molecule has 3 rings (SSSR count). The van der Waals surface area contributed by atoms with Crippen molar-refractivity contribution in [3.05, 3.63) is 0 Å². The Hall–Kier alpha value is -2.61. The summed E-state index contributed by atoms with van der Waals surface area (Å²) in [6.07, 6.45) is -18.7. The van der Waals surface area contributed by atoms with Crippen LogP contribution >= 0.6 is 0 Å². The predicted molar refractivity (Wildman–Crippen MR) is 164 cm³/mol. The average Bonchev–Trinajstić information content (AvgIpc) is 3.21. The molecule has 11 nitrogen and oxygen atoms in total. The molecule has 3 aliphatic rings. The van der Waals surface area contributed by atoms with E-state index in [1.54, 1.807) is 0 Å². The van der Waals surface area contributed by atoms with Crippen molar-refractivity contribution in [3.8, 4) is 0 Å². The van der Waals surface area contributed by atoms with Gasteiger partial charge in [0.25, 0.3) is 11.7 Å². The van der Waals surface area contributed by atoms with Crippen LogP contribution in [0.5, 0.6) is 0 Å². The van der Waals surface area contributed by atoms with Gasteiger partial charge in [-0.1, -0.05) is 0 Å². The van der Waals surface area contributed by atoms with Gasteiger partial charge in [0.05, 0.1) is 12.8 Å². The quantitative estimate of drug-likeness (QED) is 0.172. The molecule has 0 radical (unpaired) electrons. The minimum atomic E-state index is -7.11. The first kappa shape index (κ1) is 71.5. The Balaban J connectivity index is 0. The van der Waals surface area contributed by atoms with E-state index < -0.39 is 182 Å². The summed E-state index contributed by atoms with van der Waals surface area (Å²) < 4.78 is 390. The third-order valence-corrected chi connectivity index (χ3v) is 11.3.